The molecule has 0 bridgehead atoms. The fraction of sp³-hybridized carbons (Fsp3) is 0.750. The first-order chi connectivity index (χ1) is 5.31. The Bertz CT molecular complexity index is 104. The van der Waals surface area contributed by atoms with Crippen molar-refractivity contribution in [2.24, 2.45) is 0 Å². The van der Waals surface area contributed by atoms with Gasteiger partial charge in [0, 0.05) is 26.2 Å². The van der Waals surface area contributed by atoms with Gasteiger partial charge in [0.05, 0.1) is 6.61 Å². The van der Waals surface area contributed by atoms with Crippen LogP contribution in [-0.2, 0) is 9.47 Å². The molecule has 0 aromatic heterocycles. The SMILES string of the molecule is C=C(CCl)COCCCOC. The van der Waals surface area contributed by atoms with Crippen LogP contribution in [0.3, 0.4) is 0 Å². The average molecular weight is 179 g/mol. The Morgan fingerprint density at radius 2 is 2.18 bits per heavy atom. The Hall–Kier alpha value is -0.0500. The van der Waals surface area contributed by atoms with Crippen molar-refractivity contribution in [1.82, 2.24) is 0 Å². The summed E-state index contributed by atoms with van der Waals surface area (Å²) in [6, 6.07) is 0. The molecule has 0 aromatic carbocycles. The van der Waals surface area contributed by atoms with Gasteiger partial charge in [-0.05, 0) is 12.0 Å². The van der Waals surface area contributed by atoms with Gasteiger partial charge in [-0.2, -0.15) is 0 Å². The van der Waals surface area contributed by atoms with Gasteiger partial charge in [0.1, 0.15) is 0 Å². The molecule has 0 amide bonds. The molecule has 0 radical (unpaired) electrons. The van der Waals surface area contributed by atoms with Crippen LogP contribution in [0.1, 0.15) is 6.42 Å². The molecule has 66 valence electrons. The highest BCUT2D eigenvalue weighted by molar-refractivity contribution is 6.19. The monoisotopic (exact) mass is 178 g/mol. The van der Waals surface area contributed by atoms with E-state index in [-0.39, 0.29) is 0 Å². The Kier molecular flexibility index (Phi) is 8.01. The molecule has 0 aliphatic carbocycles. The van der Waals surface area contributed by atoms with Crippen LogP contribution in [0.2, 0.25) is 0 Å². The van der Waals surface area contributed by atoms with E-state index in [4.69, 9.17) is 21.1 Å². The summed E-state index contributed by atoms with van der Waals surface area (Å²) in [5.41, 5.74) is 0.920. The first kappa shape index (κ1) is 11.0. The van der Waals surface area contributed by atoms with Gasteiger partial charge < -0.3 is 9.47 Å². The van der Waals surface area contributed by atoms with Gasteiger partial charge in [-0.1, -0.05) is 6.58 Å². The summed E-state index contributed by atoms with van der Waals surface area (Å²) in [6.07, 6.45) is 0.923. The van der Waals surface area contributed by atoms with Crippen molar-refractivity contribution in [3.05, 3.63) is 12.2 Å². The minimum atomic E-state index is 0.476. The van der Waals surface area contributed by atoms with Gasteiger partial charge >= 0.3 is 0 Å². The molecule has 0 saturated heterocycles. The molecule has 0 unspecified atom stereocenters. The lowest BCUT2D eigenvalue weighted by atomic mass is 10.4. The first-order valence-electron chi connectivity index (χ1n) is 3.60. The highest BCUT2D eigenvalue weighted by Gasteiger charge is 1.91. The molecule has 0 atom stereocenters. The predicted octanol–water partition coefficient (Wildman–Crippen LogP) is 1.83. The number of halogens is 1. The second-order valence-corrected chi connectivity index (χ2v) is 2.55. The average Bonchev–Trinajstić information content (AvgIpc) is 2.04. The van der Waals surface area contributed by atoms with E-state index in [1.807, 2.05) is 0 Å². The van der Waals surface area contributed by atoms with Gasteiger partial charge in [-0.15, -0.1) is 11.6 Å². The highest BCUT2D eigenvalue weighted by Crippen LogP contribution is 1.95. The minimum absolute atomic E-state index is 0.476. The maximum atomic E-state index is 5.49. The zero-order chi connectivity index (χ0) is 8.53. The third-order valence-electron chi connectivity index (χ3n) is 1.13. The molecule has 11 heavy (non-hydrogen) atoms. The van der Waals surface area contributed by atoms with E-state index < -0.39 is 0 Å². The molecule has 0 aromatic rings. The lowest BCUT2D eigenvalue weighted by Crippen LogP contribution is -2.02. The predicted molar refractivity (Wildman–Crippen MR) is 47.2 cm³/mol. The van der Waals surface area contributed by atoms with E-state index in [0.717, 1.165) is 18.6 Å². The van der Waals surface area contributed by atoms with Crippen molar-refractivity contribution >= 4 is 11.6 Å². The molecule has 0 rings (SSSR count). The summed E-state index contributed by atoms with van der Waals surface area (Å²) >= 11 is 5.49. The van der Waals surface area contributed by atoms with Gasteiger partial charge in [0.15, 0.2) is 0 Å². The Balaban J connectivity index is 2.95. The standard InChI is InChI=1S/C8H15ClO2/c1-8(6-9)7-11-5-3-4-10-2/h1,3-7H2,2H3. The van der Waals surface area contributed by atoms with Crippen molar-refractivity contribution in [1.29, 1.82) is 0 Å². The lowest BCUT2D eigenvalue weighted by Gasteiger charge is -2.03. The Labute approximate surface area is 73.1 Å². The normalized spacial score (nSPS) is 10.0. The van der Waals surface area contributed by atoms with E-state index in [0.29, 0.717) is 19.1 Å². The van der Waals surface area contributed by atoms with E-state index in [9.17, 15) is 0 Å². The summed E-state index contributed by atoms with van der Waals surface area (Å²) in [5.74, 6) is 0.476. The third kappa shape index (κ3) is 7.85. The Morgan fingerprint density at radius 1 is 1.45 bits per heavy atom. The largest absolute Gasteiger partial charge is 0.385 e. The van der Waals surface area contributed by atoms with E-state index in [2.05, 4.69) is 6.58 Å². The quantitative estimate of drug-likeness (QED) is 0.337. The second-order valence-electron chi connectivity index (χ2n) is 2.28. The maximum absolute atomic E-state index is 5.49. The number of rotatable bonds is 7. The number of ether oxygens (including phenoxy) is 2. The van der Waals surface area contributed by atoms with Crippen LogP contribution in [0.5, 0.6) is 0 Å². The zero-order valence-electron chi connectivity index (χ0n) is 6.94. The zero-order valence-corrected chi connectivity index (χ0v) is 7.69. The molecular formula is C8H15ClO2. The van der Waals surface area contributed by atoms with Gasteiger partial charge in [0.25, 0.3) is 0 Å². The molecule has 2 nitrogen and oxygen atoms in total. The Morgan fingerprint density at radius 3 is 2.73 bits per heavy atom. The molecule has 0 aliphatic heterocycles. The molecule has 0 saturated carbocycles. The van der Waals surface area contributed by atoms with Crippen LogP contribution in [0.4, 0.5) is 0 Å². The summed E-state index contributed by atoms with van der Waals surface area (Å²) < 4.78 is 10.1. The van der Waals surface area contributed by atoms with E-state index in [1.54, 1.807) is 7.11 Å². The van der Waals surface area contributed by atoms with Crippen molar-refractivity contribution in [2.45, 2.75) is 6.42 Å². The fourth-order valence-electron chi connectivity index (χ4n) is 0.560. The smallest absolute Gasteiger partial charge is 0.0685 e. The minimum Gasteiger partial charge on any atom is -0.385 e. The number of methoxy groups -OCH3 is 1. The highest BCUT2D eigenvalue weighted by atomic mass is 35.5. The molecule has 0 aliphatic rings. The van der Waals surface area contributed by atoms with Crippen LogP contribution in [0.25, 0.3) is 0 Å². The number of hydrogen-bond donors (Lipinski definition) is 0. The summed E-state index contributed by atoms with van der Waals surface area (Å²) in [4.78, 5) is 0. The van der Waals surface area contributed by atoms with Crippen molar-refractivity contribution in [3.8, 4) is 0 Å². The first-order valence-corrected chi connectivity index (χ1v) is 4.14. The molecular weight excluding hydrogens is 164 g/mol. The second kappa shape index (κ2) is 8.05. The third-order valence-corrected chi connectivity index (χ3v) is 1.51. The molecule has 0 N–H and O–H groups in total. The van der Waals surface area contributed by atoms with Crippen molar-refractivity contribution < 1.29 is 9.47 Å². The van der Waals surface area contributed by atoms with Gasteiger partial charge in [0.2, 0.25) is 0 Å². The van der Waals surface area contributed by atoms with E-state index >= 15 is 0 Å². The maximum Gasteiger partial charge on any atom is 0.0685 e. The van der Waals surface area contributed by atoms with Crippen LogP contribution >= 0.6 is 11.6 Å². The summed E-state index contributed by atoms with van der Waals surface area (Å²) in [7, 11) is 1.68. The van der Waals surface area contributed by atoms with Crippen molar-refractivity contribution in [2.75, 3.05) is 32.8 Å². The summed E-state index contributed by atoms with van der Waals surface area (Å²) in [6.45, 7) is 5.72. The molecule has 0 spiro atoms. The van der Waals surface area contributed by atoms with Gasteiger partial charge in [-0.3, -0.25) is 0 Å². The topological polar surface area (TPSA) is 18.5 Å². The van der Waals surface area contributed by atoms with Crippen LogP contribution < -0.4 is 0 Å². The van der Waals surface area contributed by atoms with Crippen LogP contribution in [-0.4, -0.2) is 32.8 Å². The molecule has 0 fully saturated rings. The molecule has 0 heterocycles. The van der Waals surface area contributed by atoms with Gasteiger partial charge in [-0.25, -0.2) is 0 Å². The van der Waals surface area contributed by atoms with E-state index in [1.165, 1.54) is 0 Å². The van der Waals surface area contributed by atoms with Crippen LogP contribution in [0, 0.1) is 0 Å². The van der Waals surface area contributed by atoms with Crippen LogP contribution in [0.15, 0.2) is 12.2 Å². The summed E-state index contributed by atoms with van der Waals surface area (Å²) in [5, 5.41) is 0. The lowest BCUT2D eigenvalue weighted by molar-refractivity contribution is 0.117. The molecule has 3 heteroatoms. The fourth-order valence-corrected chi connectivity index (χ4v) is 0.638. The number of hydrogen-bond acceptors (Lipinski definition) is 2. The van der Waals surface area contributed by atoms with Crippen molar-refractivity contribution in [3.63, 3.8) is 0 Å². The number of alkyl halides is 1.